The van der Waals surface area contributed by atoms with Crippen LogP contribution < -0.4 is 5.32 Å². The maximum atomic E-state index is 12.6. The fourth-order valence-electron chi connectivity index (χ4n) is 2.43. The molecule has 5 heteroatoms. The zero-order chi connectivity index (χ0) is 15.5. The first kappa shape index (κ1) is 14.6. The Balaban J connectivity index is 1.91. The molecule has 0 saturated heterocycles. The third kappa shape index (κ3) is 2.70. The van der Waals surface area contributed by atoms with Gasteiger partial charge in [0.05, 0.1) is 10.7 Å². The number of hydrogen-bond donors (Lipinski definition) is 1. The molecule has 0 saturated carbocycles. The average Bonchev–Trinajstić information content (AvgIpc) is 2.94. The molecule has 22 heavy (non-hydrogen) atoms. The number of nitrogens with one attached hydrogen (secondary N) is 1. The van der Waals surface area contributed by atoms with Gasteiger partial charge in [0.15, 0.2) is 5.65 Å². The van der Waals surface area contributed by atoms with Crippen molar-refractivity contribution < 1.29 is 4.79 Å². The summed E-state index contributed by atoms with van der Waals surface area (Å²) in [6.07, 6.45) is 2.48. The van der Waals surface area contributed by atoms with Crippen molar-refractivity contribution in [3.8, 4) is 0 Å². The highest BCUT2D eigenvalue weighted by Crippen LogP contribution is 2.20. The zero-order valence-electron chi connectivity index (χ0n) is 12.2. The van der Waals surface area contributed by atoms with Crippen LogP contribution in [-0.4, -0.2) is 15.3 Å². The number of benzene rings is 1. The van der Waals surface area contributed by atoms with E-state index in [-0.39, 0.29) is 5.91 Å². The summed E-state index contributed by atoms with van der Waals surface area (Å²) in [6, 6.07) is 13.4. The molecule has 3 rings (SSSR count). The highest BCUT2D eigenvalue weighted by atomic mass is 35.5. The van der Waals surface area contributed by atoms with Crippen LogP contribution in [-0.2, 0) is 13.0 Å². The number of fused-ring (bicyclic) bond motifs is 1. The van der Waals surface area contributed by atoms with Gasteiger partial charge in [-0.1, -0.05) is 48.9 Å². The summed E-state index contributed by atoms with van der Waals surface area (Å²) in [6.45, 7) is 2.46. The Kier molecular flexibility index (Phi) is 4.11. The Morgan fingerprint density at radius 1 is 1.23 bits per heavy atom. The Labute approximate surface area is 133 Å². The van der Waals surface area contributed by atoms with Crippen LogP contribution in [0.3, 0.4) is 0 Å². The summed E-state index contributed by atoms with van der Waals surface area (Å²) in [5, 5.41) is 3.49. The summed E-state index contributed by atoms with van der Waals surface area (Å²) in [5.41, 5.74) is 2.97. The van der Waals surface area contributed by atoms with Gasteiger partial charge in [0.2, 0.25) is 0 Å². The van der Waals surface area contributed by atoms with Crippen LogP contribution in [0.4, 0.5) is 0 Å². The maximum Gasteiger partial charge on any atom is 0.270 e. The van der Waals surface area contributed by atoms with Gasteiger partial charge in [-0.3, -0.25) is 9.20 Å². The summed E-state index contributed by atoms with van der Waals surface area (Å²) in [5.74, 6) is -0.143. The molecule has 0 radical (unpaired) electrons. The number of aromatic nitrogens is 2. The van der Waals surface area contributed by atoms with Crippen LogP contribution in [0.5, 0.6) is 0 Å². The Morgan fingerprint density at radius 3 is 2.73 bits per heavy atom. The topological polar surface area (TPSA) is 46.4 Å². The number of carbonyl (C=O) groups is 1. The van der Waals surface area contributed by atoms with Crippen molar-refractivity contribution in [1.29, 1.82) is 0 Å². The lowest BCUT2D eigenvalue weighted by molar-refractivity contribution is 0.0944. The second kappa shape index (κ2) is 6.20. The number of nitrogens with zero attached hydrogens (tertiary/aromatic N) is 2. The first-order chi connectivity index (χ1) is 10.7. The lowest BCUT2D eigenvalue weighted by Crippen LogP contribution is -2.25. The standard InChI is InChI=1S/C17H16ClN3O/c1-2-14-15(21-10-6-9-13(18)16(21)20-14)17(22)19-11-12-7-4-3-5-8-12/h3-10H,2,11H2,1H3,(H,19,22). The van der Waals surface area contributed by atoms with Gasteiger partial charge >= 0.3 is 0 Å². The van der Waals surface area contributed by atoms with Gasteiger partial charge < -0.3 is 5.32 Å². The van der Waals surface area contributed by atoms with E-state index in [1.165, 1.54) is 0 Å². The second-order valence-corrected chi connectivity index (χ2v) is 5.39. The molecular formula is C17H16ClN3O. The zero-order valence-corrected chi connectivity index (χ0v) is 13.0. The molecule has 0 atom stereocenters. The minimum absolute atomic E-state index is 0.143. The molecule has 1 aromatic carbocycles. The van der Waals surface area contributed by atoms with E-state index >= 15 is 0 Å². The summed E-state index contributed by atoms with van der Waals surface area (Å²) >= 11 is 6.16. The molecule has 0 fully saturated rings. The first-order valence-electron chi connectivity index (χ1n) is 7.18. The van der Waals surface area contributed by atoms with Crippen LogP contribution in [0, 0.1) is 0 Å². The molecule has 0 aliphatic carbocycles. The van der Waals surface area contributed by atoms with Gasteiger partial charge in [-0.15, -0.1) is 0 Å². The quantitative estimate of drug-likeness (QED) is 0.801. The second-order valence-electron chi connectivity index (χ2n) is 4.98. The number of aryl methyl sites for hydroxylation is 1. The molecule has 2 heterocycles. The molecule has 4 nitrogen and oxygen atoms in total. The van der Waals surface area contributed by atoms with Crippen LogP contribution in [0.15, 0.2) is 48.7 Å². The monoisotopic (exact) mass is 313 g/mol. The summed E-state index contributed by atoms with van der Waals surface area (Å²) < 4.78 is 1.75. The molecule has 1 amide bonds. The first-order valence-corrected chi connectivity index (χ1v) is 7.56. The van der Waals surface area contributed by atoms with Crippen molar-refractivity contribution in [2.45, 2.75) is 19.9 Å². The normalized spacial score (nSPS) is 10.8. The Bertz CT molecular complexity index is 811. The van der Waals surface area contributed by atoms with Gasteiger partial charge in [-0.05, 0) is 24.1 Å². The van der Waals surface area contributed by atoms with Gasteiger partial charge in [0.25, 0.3) is 5.91 Å². The highest BCUT2D eigenvalue weighted by molar-refractivity contribution is 6.33. The lowest BCUT2D eigenvalue weighted by atomic mass is 10.2. The van der Waals surface area contributed by atoms with Gasteiger partial charge in [-0.2, -0.15) is 0 Å². The fourth-order valence-corrected chi connectivity index (χ4v) is 2.64. The van der Waals surface area contributed by atoms with Crippen molar-refractivity contribution in [2.75, 3.05) is 0 Å². The van der Waals surface area contributed by atoms with Crippen molar-refractivity contribution in [3.05, 3.63) is 70.6 Å². The van der Waals surface area contributed by atoms with E-state index in [2.05, 4.69) is 10.3 Å². The molecular weight excluding hydrogens is 298 g/mol. The predicted molar refractivity (Wildman–Crippen MR) is 87.2 cm³/mol. The minimum Gasteiger partial charge on any atom is -0.347 e. The molecule has 0 bridgehead atoms. The van der Waals surface area contributed by atoms with E-state index in [9.17, 15) is 4.79 Å². The summed E-state index contributed by atoms with van der Waals surface area (Å²) in [7, 11) is 0. The fraction of sp³-hybridized carbons (Fsp3) is 0.176. The van der Waals surface area contributed by atoms with Crippen molar-refractivity contribution >= 4 is 23.2 Å². The molecule has 112 valence electrons. The van der Waals surface area contributed by atoms with Crippen LogP contribution >= 0.6 is 11.6 Å². The van der Waals surface area contributed by atoms with Gasteiger partial charge in [0.1, 0.15) is 5.69 Å². The molecule has 0 unspecified atom stereocenters. The van der Waals surface area contributed by atoms with Crippen molar-refractivity contribution in [1.82, 2.24) is 14.7 Å². The third-order valence-corrected chi connectivity index (χ3v) is 3.82. The smallest absolute Gasteiger partial charge is 0.270 e. The highest BCUT2D eigenvalue weighted by Gasteiger charge is 2.19. The number of carbonyl (C=O) groups excluding carboxylic acids is 1. The predicted octanol–water partition coefficient (Wildman–Crippen LogP) is 3.48. The van der Waals surface area contributed by atoms with Gasteiger partial charge in [-0.25, -0.2) is 4.98 Å². The number of imidazole rings is 1. The van der Waals surface area contributed by atoms with E-state index in [1.807, 2.05) is 49.5 Å². The lowest BCUT2D eigenvalue weighted by Gasteiger charge is -2.07. The molecule has 0 aliphatic heterocycles. The van der Waals surface area contributed by atoms with Crippen LogP contribution in [0.2, 0.25) is 5.02 Å². The molecule has 2 aromatic heterocycles. The molecule has 0 spiro atoms. The largest absolute Gasteiger partial charge is 0.347 e. The van der Waals surface area contributed by atoms with Gasteiger partial charge in [0, 0.05) is 12.7 Å². The minimum atomic E-state index is -0.143. The van der Waals surface area contributed by atoms with E-state index in [0.29, 0.717) is 29.3 Å². The number of hydrogen-bond acceptors (Lipinski definition) is 2. The number of halogens is 1. The van der Waals surface area contributed by atoms with E-state index in [0.717, 1.165) is 11.3 Å². The Hall–Kier alpha value is -2.33. The third-order valence-electron chi connectivity index (χ3n) is 3.52. The molecule has 3 aromatic rings. The van der Waals surface area contributed by atoms with Crippen molar-refractivity contribution in [3.63, 3.8) is 0 Å². The number of rotatable bonds is 4. The average molecular weight is 314 g/mol. The van der Waals surface area contributed by atoms with E-state index in [1.54, 1.807) is 10.5 Å². The van der Waals surface area contributed by atoms with Crippen LogP contribution in [0.1, 0.15) is 28.7 Å². The molecule has 1 N–H and O–H groups in total. The Morgan fingerprint density at radius 2 is 2.00 bits per heavy atom. The van der Waals surface area contributed by atoms with Crippen LogP contribution in [0.25, 0.3) is 5.65 Å². The van der Waals surface area contributed by atoms with Crippen molar-refractivity contribution in [2.24, 2.45) is 0 Å². The SMILES string of the molecule is CCc1nc2c(Cl)cccn2c1C(=O)NCc1ccccc1. The van der Waals surface area contributed by atoms with E-state index in [4.69, 9.17) is 11.6 Å². The maximum absolute atomic E-state index is 12.6. The summed E-state index contributed by atoms with van der Waals surface area (Å²) in [4.78, 5) is 17.0. The van der Waals surface area contributed by atoms with E-state index < -0.39 is 0 Å². The number of amides is 1. The number of pyridine rings is 1. The molecule has 0 aliphatic rings.